The van der Waals surface area contributed by atoms with Gasteiger partial charge >= 0.3 is 11.7 Å². The molecule has 1 fully saturated rings. The topological polar surface area (TPSA) is 120 Å². The first-order valence-electron chi connectivity index (χ1n) is 11.7. The number of aryl methyl sites for hydroxylation is 1. The molecule has 182 valence electrons. The molecule has 1 aliphatic heterocycles. The van der Waals surface area contributed by atoms with Gasteiger partial charge in [0.2, 0.25) is 0 Å². The van der Waals surface area contributed by atoms with Crippen molar-refractivity contribution >= 4 is 17.1 Å². The van der Waals surface area contributed by atoms with Crippen molar-refractivity contribution < 1.29 is 14.3 Å². The Kier molecular flexibility index (Phi) is 7.16. The van der Waals surface area contributed by atoms with Gasteiger partial charge in [-0.05, 0) is 43.5 Å². The first-order valence-corrected chi connectivity index (χ1v) is 11.7. The number of H-pyrrole nitrogens is 1. The fourth-order valence-electron chi connectivity index (χ4n) is 4.33. The molecule has 0 aliphatic carbocycles. The van der Waals surface area contributed by atoms with Crippen LogP contribution in [-0.2, 0) is 22.6 Å². The molecule has 3 heterocycles. The molecule has 1 aromatic carbocycles. The molecule has 0 spiro atoms. The highest BCUT2D eigenvalue weighted by atomic mass is 16.5. The third-order valence-electron chi connectivity index (χ3n) is 6.08. The summed E-state index contributed by atoms with van der Waals surface area (Å²) in [6.45, 7) is 5.97. The van der Waals surface area contributed by atoms with Crippen LogP contribution in [0.3, 0.4) is 0 Å². The minimum atomic E-state index is -0.344. The van der Waals surface area contributed by atoms with E-state index in [0.717, 1.165) is 12.0 Å². The van der Waals surface area contributed by atoms with E-state index in [9.17, 15) is 14.4 Å². The van der Waals surface area contributed by atoms with Crippen molar-refractivity contribution in [2.45, 2.75) is 52.2 Å². The number of benzene rings is 1. The highest BCUT2D eigenvalue weighted by Gasteiger charge is 2.30. The molecule has 2 atom stereocenters. The summed E-state index contributed by atoms with van der Waals surface area (Å²) in [6, 6.07) is 7.14. The molecule has 10 heteroatoms. The standard InChI is InChI=1S/C24H31N5O5/c1-4-10-28-21-19(22(30)29(11-5-2)24(28)32)26-20(27-21)16-6-8-17(9-7-16)34-14-15-12-18(25-13-15)23(31)33-3/h6-9,15,18,25H,4-5,10-14H2,1-3H3,(H,26,27). The average molecular weight is 470 g/mol. The molecule has 34 heavy (non-hydrogen) atoms. The lowest BCUT2D eigenvalue weighted by atomic mass is 10.1. The lowest BCUT2D eigenvalue weighted by Crippen LogP contribution is -2.40. The van der Waals surface area contributed by atoms with Crippen LogP contribution in [0.15, 0.2) is 33.9 Å². The van der Waals surface area contributed by atoms with E-state index in [-0.39, 0.29) is 29.2 Å². The molecule has 10 nitrogen and oxygen atoms in total. The number of esters is 1. The van der Waals surface area contributed by atoms with Gasteiger partial charge in [-0.1, -0.05) is 13.8 Å². The second-order valence-corrected chi connectivity index (χ2v) is 8.60. The van der Waals surface area contributed by atoms with Crippen LogP contribution in [-0.4, -0.2) is 51.4 Å². The van der Waals surface area contributed by atoms with Gasteiger partial charge < -0.3 is 19.8 Å². The normalized spacial score (nSPS) is 17.9. The molecule has 1 saturated heterocycles. The van der Waals surface area contributed by atoms with Crippen LogP contribution in [0, 0.1) is 5.92 Å². The Morgan fingerprint density at radius 1 is 1.12 bits per heavy atom. The van der Waals surface area contributed by atoms with Crippen LogP contribution in [0.4, 0.5) is 0 Å². The van der Waals surface area contributed by atoms with Crippen molar-refractivity contribution in [3.8, 4) is 17.1 Å². The number of carbonyl (C=O) groups excluding carboxylic acids is 1. The Morgan fingerprint density at radius 2 is 1.82 bits per heavy atom. The van der Waals surface area contributed by atoms with Crippen LogP contribution in [0.25, 0.3) is 22.6 Å². The zero-order chi connectivity index (χ0) is 24.2. The molecule has 0 bridgehead atoms. The van der Waals surface area contributed by atoms with E-state index >= 15 is 0 Å². The van der Waals surface area contributed by atoms with E-state index in [1.54, 1.807) is 4.57 Å². The van der Waals surface area contributed by atoms with Crippen molar-refractivity contribution in [1.29, 1.82) is 0 Å². The van der Waals surface area contributed by atoms with Crippen LogP contribution in [0.1, 0.15) is 33.1 Å². The number of nitrogens with zero attached hydrogens (tertiary/aromatic N) is 3. The molecule has 0 radical (unpaired) electrons. The number of methoxy groups -OCH3 is 1. The summed E-state index contributed by atoms with van der Waals surface area (Å²) in [5.41, 5.74) is 0.843. The predicted octanol–water partition coefficient (Wildman–Crippen LogP) is 1.90. The minimum Gasteiger partial charge on any atom is -0.493 e. The van der Waals surface area contributed by atoms with E-state index in [0.29, 0.717) is 61.8 Å². The van der Waals surface area contributed by atoms with Gasteiger partial charge in [0.1, 0.15) is 23.1 Å². The quantitative estimate of drug-likeness (QED) is 0.459. The number of rotatable bonds is 9. The van der Waals surface area contributed by atoms with E-state index in [1.807, 2.05) is 38.1 Å². The Bertz CT molecular complexity index is 1270. The maximum Gasteiger partial charge on any atom is 0.332 e. The Hall–Kier alpha value is -3.40. The molecule has 2 unspecified atom stereocenters. The van der Waals surface area contributed by atoms with Gasteiger partial charge in [-0.25, -0.2) is 9.78 Å². The fraction of sp³-hybridized carbons (Fsp3) is 0.500. The molecule has 0 amide bonds. The molecular formula is C24H31N5O5. The summed E-state index contributed by atoms with van der Waals surface area (Å²) >= 11 is 0. The van der Waals surface area contributed by atoms with Gasteiger partial charge in [-0.2, -0.15) is 0 Å². The Balaban J connectivity index is 1.53. The number of imidazole rings is 1. The molecule has 2 aromatic heterocycles. The summed E-state index contributed by atoms with van der Waals surface area (Å²) in [7, 11) is 1.39. The van der Waals surface area contributed by atoms with Crippen molar-refractivity contribution in [2.75, 3.05) is 20.3 Å². The lowest BCUT2D eigenvalue weighted by Gasteiger charge is -2.11. The summed E-state index contributed by atoms with van der Waals surface area (Å²) < 4.78 is 13.5. The van der Waals surface area contributed by atoms with E-state index < -0.39 is 0 Å². The van der Waals surface area contributed by atoms with Crippen molar-refractivity contribution in [3.63, 3.8) is 0 Å². The van der Waals surface area contributed by atoms with Crippen LogP contribution in [0.5, 0.6) is 5.75 Å². The summed E-state index contributed by atoms with van der Waals surface area (Å²) in [6.07, 6.45) is 2.12. The number of carbonyl (C=O) groups is 1. The number of nitrogens with one attached hydrogen (secondary N) is 2. The van der Waals surface area contributed by atoms with E-state index in [4.69, 9.17) is 9.47 Å². The largest absolute Gasteiger partial charge is 0.493 e. The average Bonchev–Trinajstić information content (AvgIpc) is 3.51. The third-order valence-corrected chi connectivity index (χ3v) is 6.08. The van der Waals surface area contributed by atoms with Gasteiger partial charge in [0, 0.05) is 31.1 Å². The highest BCUT2D eigenvalue weighted by molar-refractivity contribution is 5.76. The SMILES string of the molecule is CCCn1c(=O)c2[nH]c(-c3ccc(OCC4CNC(C(=O)OC)C4)cc3)nc2n(CCC)c1=O. The van der Waals surface area contributed by atoms with E-state index in [2.05, 4.69) is 15.3 Å². The van der Waals surface area contributed by atoms with Crippen molar-refractivity contribution in [1.82, 2.24) is 24.4 Å². The van der Waals surface area contributed by atoms with Crippen molar-refractivity contribution in [2.24, 2.45) is 5.92 Å². The summed E-state index contributed by atoms with van der Waals surface area (Å²) in [5, 5.41) is 3.15. The number of fused-ring (bicyclic) bond motifs is 1. The molecular weight excluding hydrogens is 438 g/mol. The smallest absolute Gasteiger partial charge is 0.332 e. The Labute approximate surface area is 196 Å². The third kappa shape index (κ3) is 4.63. The second kappa shape index (κ2) is 10.3. The van der Waals surface area contributed by atoms with Gasteiger partial charge in [0.15, 0.2) is 5.65 Å². The van der Waals surface area contributed by atoms with E-state index in [1.165, 1.54) is 11.7 Å². The molecule has 3 aromatic rings. The molecule has 2 N–H and O–H groups in total. The summed E-state index contributed by atoms with van der Waals surface area (Å²) in [5.74, 6) is 1.20. The first-order chi connectivity index (χ1) is 16.5. The van der Waals surface area contributed by atoms with Crippen LogP contribution in [0.2, 0.25) is 0 Å². The number of hydrogen-bond donors (Lipinski definition) is 2. The lowest BCUT2D eigenvalue weighted by molar-refractivity contribution is -0.142. The van der Waals surface area contributed by atoms with Gasteiger partial charge in [-0.3, -0.25) is 18.7 Å². The maximum absolute atomic E-state index is 12.9. The molecule has 4 rings (SSSR count). The van der Waals surface area contributed by atoms with Gasteiger partial charge in [0.05, 0.1) is 13.7 Å². The Morgan fingerprint density at radius 3 is 2.50 bits per heavy atom. The fourth-order valence-corrected chi connectivity index (χ4v) is 4.33. The van der Waals surface area contributed by atoms with Crippen LogP contribution >= 0.6 is 0 Å². The number of hydrogen-bond acceptors (Lipinski definition) is 7. The minimum absolute atomic E-state index is 0.222. The number of aromatic nitrogens is 4. The zero-order valence-electron chi connectivity index (χ0n) is 19.8. The highest BCUT2D eigenvalue weighted by Crippen LogP contribution is 2.23. The monoisotopic (exact) mass is 469 g/mol. The summed E-state index contributed by atoms with van der Waals surface area (Å²) in [4.78, 5) is 45.1. The maximum atomic E-state index is 12.9. The van der Waals surface area contributed by atoms with Gasteiger partial charge in [0.25, 0.3) is 5.56 Å². The molecule has 0 saturated carbocycles. The number of ether oxygens (including phenoxy) is 2. The predicted molar refractivity (Wildman–Crippen MR) is 128 cm³/mol. The van der Waals surface area contributed by atoms with Gasteiger partial charge in [-0.15, -0.1) is 0 Å². The second-order valence-electron chi connectivity index (χ2n) is 8.60. The van der Waals surface area contributed by atoms with Crippen molar-refractivity contribution in [3.05, 3.63) is 45.1 Å². The number of aromatic amines is 1. The first kappa shape index (κ1) is 23.7. The molecule has 1 aliphatic rings. The van der Waals surface area contributed by atoms with Crippen LogP contribution < -0.4 is 21.3 Å². The zero-order valence-corrected chi connectivity index (χ0v) is 19.8.